The van der Waals surface area contributed by atoms with Crippen molar-refractivity contribution in [3.05, 3.63) is 18.1 Å². The van der Waals surface area contributed by atoms with E-state index in [1.54, 1.807) is 6.33 Å². The minimum atomic E-state index is 0.300. The van der Waals surface area contributed by atoms with E-state index in [2.05, 4.69) is 29.1 Å². The molecule has 4 nitrogen and oxygen atoms in total. The lowest BCUT2D eigenvalue weighted by molar-refractivity contribution is 0.698. The van der Waals surface area contributed by atoms with Crippen LogP contribution in [0.4, 0.5) is 5.82 Å². The van der Waals surface area contributed by atoms with E-state index in [0.717, 1.165) is 30.8 Å². The number of hydrogen-bond acceptors (Lipinski definition) is 4. The Morgan fingerprint density at radius 3 is 2.80 bits per heavy atom. The number of hydrogen-bond donors (Lipinski definition) is 2. The first-order valence-electron chi connectivity index (χ1n) is 5.57. The first-order chi connectivity index (χ1) is 7.30. The minimum absolute atomic E-state index is 0.300. The summed E-state index contributed by atoms with van der Waals surface area (Å²) in [5.74, 6) is 0.880. The highest BCUT2D eigenvalue weighted by Crippen LogP contribution is 2.08. The highest BCUT2D eigenvalue weighted by molar-refractivity contribution is 5.36. The van der Waals surface area contributed by atoms with Gasteiger partial charge in [0, 0.05) is 24.3 Å². The Labute approximate surface area is 91.3 Å². The van der Waals surface area contributed by atoms with Gasteiger partial charge in [-0.2, -0.15) is 0 Å². The van der Waals surface area contributed by atoms with Crippen LogP contribution in [0, 0.1) is 0 Å². The smallest absolute Gasteiger partial charge is 0.129 e. The van der Waals surface area contributed by atoms with Crippen LogP contribution < -0.4 is 11.1 Å². The third-order valence-electron chi connectivity index (χ3n) is 2.36. The Hall–Kier alpha value is -1.16. The largest absolute Gasteiger partial charge is 0.366 e. The third kappa shape index (κ3) is 3.83. The van der Waals surface area contributed by atoms with E-state index in [4.69, 9.17) is 5.73 Å². The van der Waals surface area contributed by atoms with Crippen LogP contribution in [-0.2, 0) is 6.42 Å². The summed E-state index contributed by atoms with van der Waals surface area (Å²) < 4.78 is 0. The Morgan fingerprint density at radius 2 is 2.20 bits per heavy atom. The van der Waals surface area contributed by atoms with E-state index in [0.29, 0.717) is 12.6 Å². The molecule has 4 heteroatoms. The molecule has 15 heavy (non-hydrogen) atoms. The molecule has 0 bridgehead atoms. The molecule has 0 amide bonds. The number of nitrogens with one attached hydrogen (secondary N) is 1. The maximum atomic E-state index is 5.62. The molecule has 0 aliphatic heterocycles. The lowest BCUT2D eigenvalue weighted by Crippen LogP contribution is -2.28. The first kappa shape index (κ1) is 11.9. The molecular weight excluding hydrogens is 188 g/mol. The maximum absolute atomic E-state index is 5.62. The minimum Gasteiger partial charge on any atom is -0.366 e. The van der Waals surface area contributed by atoms with Crippen LogP contribution in [0.3, 0.4) is 0 Å². The second-order valence-electron chi connectivity index (χ2n) is 3.63. The van der Waals surface area contributed by atoms with Gasteiger partial charge >= 0.3 is 0 Å². The average molecular weight is 208 g/mol. The van der Waals surface area contributed by atoms with Gasteiger partial charge in [0.05, 0.1) is 0 Å². The maximum Gasteiger partial charge on any atom is 0.129 e. The molecule has 0 aliphatic rings. The fourth-order valence-corrected chi connectivity index (χ4v) is 1.41. The molecule has 0 saturated carbocycles. The van der Waals surface area contributed by atoms with Crippen molar-refractivity contribution in [1.82, 2.24) is 9.97 Å². The Balaban J connectivity index is 2.64. The normalized spacial score (nSPS) is 12.5. The van der Waals surface area contributed by atoms with Crippen molar-refractivity contribution in [2.45, 2.75) is 39.2 Å². The van der Waals surface area contributed by atoms with Gasteiger partial charge in [-0.15, -0.1) is 0 Å². The summed E-state index contributed by atoms with van der Waals surface area (Å²) in [7, 11) is 0. The fourth-order valence-electron chi connectivity index (χ4n) is 1.41. The summed E-state index contributed by atoms with van der Waals surface area (Å²) in [4.78, 5) is 8.39. The fraction of sp³-hybridized carbons (Fsp3) is 0.636. The molecule has 1 rings (SSSR count). The van der Waals surface area contributed by atoms with Crippen LogP contribution in [-0.4, -0.2) is 22.6 Å². The summed E-state index contributed by atoms with van der Waals surface area (Å²) >= 11 is 0. The van der Waals surface area contributed by atoms with Crippen molar-refractivity contribution in [3.63, 3.8) is 0 Å². The van der Waals surface area contributed by atoms with Crippen molar-refractivity contribution >= 4 is 5.82 Å². The van der Waals surface area contributed by atoms with Gasteiger partial charge in [-0.3, -0.25) is 0 Å². The molecule has 0 aromatic carbocycles. The van der Waals surface area contributed by atoms with Gasteiger partial charge < -0.3 is 11.1 Å². The molecule has 0 saturated heterocycles. The predicted molar refractivity (Wildman–Crippen MR) is 62.8 cm³/mol. The van der Waals surface area contributed by atoms with Gasteiger partial charge in [-0.1, -0.05) is 20.3 Å². The van der Waals surface area contributed by atoms with E-state index in [1.165, 1.54) is 0 Å². The predicted octanol–water partition coefficient (Wildman–Crippen LogP) is 1.58. The Bertz CT molecular complexity index is 284. The Kier molecular flexibility index (Phi) is 5.04. The standard InChI is InChI=1S/C11H20N4/c1-3-5-10-6-11(14-8-13-10)15-9(4-2)7-12/h6,8-9H,3-5,7,12H2,1-2H3,(H,13,14,15). The molecule has 1 unspecified atom stereocenters. The number of rotatable bonds is 6. The summed E-state index contributed by atoms with van der Waals surface area (Å²) in [6.45, 7) is 4.88. The molecule has 1 heterocycles. The lowest BCUT2D eigenvalue weighted by Gasteiger charge is -2.15. The van der Waals surface area contributed by atoms with E-state index in [1.807, 2.05) is 6.07 Å². The topological polar surface area (TPSA) is 63.8 Å². The third-order valence-corrected chi connectivity index (χ3v) is 2.36. The van der Waals surface area contributed by atoms with E-state index >= 15 is 0 Å². The van der Waals surface area contributed by atoms with Crippen molar-refractivity contribution in [2.24, 2.45) is 5.73 Å². The molecule has 0 aliphatic carbocycles. The van der Waals surface area contributed by atoms with Crippen molar-refractivity contribution in [3.8, 4) is 0 Å². The van der Waals surface area contributed by atoms with Crippen molar-refractivity contribution < 1.29 is 0 Å². The molecule has 84 valence electrons. The summed E-state index contributed by atoms with van der Waals surface area (Å²) in [5.41, 5.74) is 6.71. The molecule has 0 spiro atoms. The zero-order valence-corrected chi connectivity index (χ0v) is 9.53. The number of anilines is 1. The first-order valence-corrected chi connectivity index (χ1v) is 5.57. The molecule has 0 radical (unpaired) electrons. The van der Waals surface area contributed by atoms with E-state index in [-0.39, 0.29) is 0 Å². The highest BCUT2D eigenvalue weighted by Gasteiger charge is 2.04. The van der Waals surface area contributed by atoms with Crippen LogP contribution in [0.2, 0.25) is 0 Å². The van der Waals surface area contributed by atoms with Gasteiger partial charge in [0.1, 0.15) is 12.1 Å². The van der Waals surface area contributed by atoms with Crippen molar-refractivity contribution in [1.29, 1.82) is 0 Å². The van der Waals surface area contributed by atoms with Gasteiger partial charge in [0.25, 0.3) is 0 Å². The summed E-state index contributed by atoms with van der Waals surface area (Å²) in [6.07, 6.45) is 4.71. The lowest BCUT2D eigenvalue weighted by atomic mass is 10.2. The molecule has 1 aromatic heterocycles. The summed E-state index contributed by atoms with van der Waals surface area (Å²) in [5, 5.41) is 3.30. The second-order valence-corrected chi connectivity index (χ2v) is 3.63. The van der Waals surface area contributed by atoms with Crippen LogP contribution >= 0.6 is 0 Å². The van der Waals surface area contributed by atoms with Gasteiger partial charge in [0.15, 0.2) is 0 Å². The monoisotopic (exact) mass is 208 g/mol. The van der Waals surface area contributed by atoms with Crippen LogP contribution in [0.25, 0.3) is 0 Å². The number of nitrogens with two attached hydrogens (primary N) is 1. The zero-order valence-electron chi connectivity index (χ0n) is 9.53. The van der Waals surface area contributed by atoms with Gasteiger partial charge in [-0.05, 0) is 12.8 Å². The van der Waals surface area contributed by atoms with Crippen LogP contribution in [0.15, 0.2) is 12.4 Å². The summed E-state index contributed by atoms with van der Waals surface area (Å²) in [6, 6.07) is 2.30. The van der Waals surface area contributed by atoms with Gasteiger partial charge in [-0.25, -0.2) is 9.97 Å². The Morgan fingerprint density at radius 1 is 1.40 bits per heavy atom. The molecular formula is C11H20N4. The molecule has 1 aromatic rings. The quantitative estimate of drug-likeness (QED) is 0.745. The van der Waals surface area contributed by atoms with E-state index < -0.39 is 0 Å². The molecule has 0 fully saturated rings. The van der Waals surface area contributed by atoms with Crippen molar-refractivity contribution in [2.75, 3.05) is 11.9 Å². The van der Waals surface area contributed by atoms with E-state index in [9.17, 15) is 0 Å². The molecule has 3 N–H and O–H groups in total. The van der Waals surface area contributed by atoms with Crippen LogP contribution in [0.1, 0.15) is 32.4 Å². The highest BCUT2D eigenvalue weighted by atomic mass is 15.0. The van der Waals surface area contributed by atoms with Gasteiger partial charge in [0.2, 0.25) is 0 Å². The average Bonchev–Trinajstić information content (AvgIpc) is 2.27. The molecule has 1 atom stereocenters. The zero-order chi connectivity index (χ0) is 11.1. The SMILES string of the molecule is CCCc1cc(NC(CC)CN)ncn1. The number of aryl methyl sites for hydroxylation is 1. The second kappa shape index (κ2) is 6.35. The van der Waals surface area contributed by atoms with Crippen LogP contribution in [0.5, 0.6) is 0 Å². The number of aromatic nitrogens is 2. The number of nitrogens with zero attached hydrogens (tertiary/aromatic N) is 2.